The van der Waals surface area contributed by atoms with E-state index >= 15 is 0 Å². The maximum absolute atomic E-state index is 12.6. The number of aromatic nitrogens is 5. The van der Waals surface area contributed by atoms with Crippen molar-refractivity contribution in [2.24, 2.45) is 0 Å². The van der Waals surface area contributed by atoms with Gasteiger partial charge in [-0.2, -0.15) is 15.0 Å². The van der Waals surface area contributed by atoms with Crippen molar-refractivity contribution in [2.45, 2.75) is 27.0 Å². The molecule has 10 heteroatoms. The van der Waals surface area contributed by atoms with Crippen molar-refractivity contribution < 1.29 is 9.53 Å². The molecule has 2 aromatic carbocycles. The summed E-state index contributed by atoms with van der Waals surface area (Å²) in [4.78, 5) is 41.5. The van der Waals surface area contributed by atoms with Crippen molar-refractivity contribution in [1.29, 1.82) is 0 Å². The van der Waals surface area contributed by atoms with E-state index in [2.05, 4.69) is 25.3 Å². The fraction of sp³-hybridized carbons (Fsp3) is 0.182. The van der Waals surface area contributed by atoms with Gasteiger partial charge in [-0.25, -0.2) is 9.78 Å². The minimum absolute atomic E-state index is 0.00685. The fourth-order valence-electron chi connectivity index (χ4n) is 3.24. The number of benzene rings is 2. The monoisotopic (exact) mass is 431 g/mol. The van der Waals surface area contributed by atoms with Crippen molar-refractivity contribution in [3.63, 3.8) is 0 Å². The van der Waals surface area contributed by atoms with E-state index in [1.165, 1.54) is 0 Å². The molecule has 0 amide bonds. The lowest BCUT2D eigenvalue weighted by atomic mass is 10.2. The van der Waals surface area contributed by atoms with Crippen LogP contribution >= 0.6 is 0 Å². The fourth-order valence-corrected chi connectivity index (χ4v) is 3.24. The van der Waals surface area contributed by atoms with Gasteiger partial charge in [0.25, 0.3) is 5.56 Å². The molecule has 4 aromatic rings. The first kappa shape index (κ1) is 20.9. The van der Waals surface area contributed by atoms with Crippen LogP contribution in [0.4, 0.5) is 17.6 Å². The van der Waals surface area contributed by atoms with Gasteiger partial charge in [0.15, 0.2) is 12.4 Å². The number of ether oxygens (including phenoxy) is 1. The summed E-state index contributed by atoms with van der Waals surface area (Å²) in [6.45, 7) is 3.84. The zero-order chi connectivity index (χ0) is 22.7. The smallest absolute Gasteiger partial charge is 0.338 e. The Morgan fingerprint density at radius 3 is 2.62 bits per heavy atom. The summed E-state index contributed by atoms with van der Waals surface area (Å²) in [5, 5.41) is 3.03. The van der Waals surface area contributed by atoms with Crippen molar-refractivity contribution in [3.8, 4) is 0 Å². The average Bonchev–Trinajstić information content (AvgIpc) is 2.78. The van der Waals surface area contributed by atoms with Gasteiger partial charge in [0.2, 0.25) is 11.9 Å². The number of para-hydroxylation sites is 1. The van der Waals surface area contributed by atoms with Crippen LogP contribution in [0.15, 0.2) is 53.3 Å². The van der Waals surface area contributed by atoms with Gasteiger partial charge >= 0.3 is 5.97 Å². The van der Waals surface area contributed by atoms with E-state index in [0.717, 1.165) is 5.69 Å². The van der Waals surface area contributed by atoms with Gasteiger partial charge in [-0.05, 0) is 44.2 Å². The minimum Gasteiger partial charge on any atom is -0.454 e. The van der Waals surface area contributed by atoms with Crippen molar-refractivity contribution in [3.05, 3.63) is 76.0 Å². The zero-order valence-electron chi connectivity index (χ0n) is 17.6. The van der Waals surface area contributed by atoms with Crippen LogP contribution < -0.4 is 16.6 Å². The van der Waals surface area contributed by atoms with Crippen LogP contribution in [0.3, 0.4) is 0 Å². The number of aryl methyl sites for hydroxylation is 2. The highest BCUT2D eigenvalue weighted by Gasteiger charge is 2.14. The van der Waals surface area contributed by atoms with E-state index in [4.69, 9.17) is 10.5 Å². The first-order valence-electron chi connectivity index (χ1n) is 9.95. The molecule has 0 saturated carbocycles. The standard InChI is InChI=1S/C22H21N7O3/c1-3-29-17-10-9-14(11-16(17)24-13(2)19(29)30)20(31)32-12-18-26-21(23)28-22(27-18)25-15-7-5-4-6-8-15/h4-11H,3,12H2,1-2H3,(H3,23,25,26,27,28). The number of anilines is 3. The SMILES string of the molecule is CCn1c(=O)c(C)nc2cc(C(=O)OCc3nc(N)nc(Nc4ccccc4)n3)ccc21. The van der Waals surface area contributed by atoms with Gasteiger partial charge in [0, 0.05) is 12.2 Å². The van der Waals surface area contributed by atoms with E-state index in [0.29, 0.717) is 28.8 Å². The average molecular weight is 431 g/mol. The lowest BCUT2D eigenvalue weighted by molar-refractivity contribution is 0.0462. The topological polar surface area (TPSA) is 138 Å². The molecular weight excluding hydrogens is 410 g/mol. The van der Waals surface area contributed by atoms with Crippen LogP contribution in [0, 0.1) is 6.92 Å². The number of esters is 1. The third-order valence-electron chi connectivity index (χ3n) is 4.72. The Labute approximate surface area is 183 Å². The second-order valence-corrected chi connectivity index (χ2v) is 6.95. The summed E-state index contributed by atoms with van der Waals surface area (Å²) in [7, 11) is 0. The third-order valence-corrected chi connectivity index (χ3v) is 4.72. The molecule has 2 aromatic heterocycles. The summed E-state index contributed by atoms with van der Waals surface area (Å²) in [5.41, 5.74) is 8.26. The maximum Gasteiger partial charge on any atom is 0.338 e. The predicted octanol–water partition coefficient (Wildman–Crippen LogP) is 2.59. The Morgan fingerprint density at radius 1 is 1.09 bits per heavy atom. The highest BCUT2D eigenvalue weighted by atomic mass is 16.5. The molecule has 0 radical (unpaired) electrons. The Morgan fingerprint density at radius 2 is 1.88 bits per heavy atom. The highest BCUT2D eigenvalue weighted by Crippen LogP contribution is 2.16. The van der Waals surface area contributed by atoms with Crippen molar-refractivity contribution in [2.75, 3.05) is 11.1 Å². The molecule has 3 N–H and O–H groups in total. The Hall–Kier alpha value is -4.34. The second-order valence-electron chi connectivity index (χ2n) is 6.95. The van der Waals surface area contributed by atoms with Gasteiger partial charge in [-0.3, -0.25) is 4.79 Å². The Balaban J connectivity index is 1.52. The number of nitrogens with one attached hydrogen (secondary N) is 1. The number of nitrogen functional groups attached to an aromatic ring is 1. The number of carbonyl (C=O) groups excluding carboxylic acids is 1. The molecule has 0 atom stereocenters. The Kier molecular flexibility index (Phi) is 5.75. The van der Waals surface area contributed by atoms with E-state index < -0.39 is 5.97 Å². The number of nitrogens with zero attached hydrogens (tertiary/aromatic N) is 5. The van der Waals surface area contributed by atoms with E-state index in [-0.39, 0.29) is 29.9 Å². The van der Waals surface area contributed by atoms with Crippen LogP contribution in [0.2, 0.25) is 0 Å². The molecular formula is C22H21N7O3. The highest BCUT2D eigenvalue weighted by molar-refractivity contribution is 5.93. The summed E-state index contributed by atoms with van der Waals surface area (Å²) in [6, 6.07) is 14.2. The molecule has 0 aliphatic carbocycles. The third kappa shape index (κ3) is 4.38. The normalized spacial score (nSPS) is 10.8. The van der Waals surface area contributed by atoms with E-state index in [1.807, 2.05) is 37.3 Å². The van der Waals surface area contributed by atoms with Gasteiger partial charge < -0.3 is 20.4 Å². The summed E-state index contributed by atoms with van der Waals surface area (Å²) < 4.78 is 6.98. The van der Waals surface area contributed by atoms with Crippen LogP contribution in [0.25, 0.3) is 11.0 Å². The second kappa shape index (κ2) is 8.80. The van der Waals surface area contributed by atoms with E-state index in [1.54, 1.807) is 29.7 Å². The van der Waals surface area contributed by atoms with Gasteiger partial charge in [-0.15, -0.1) is 0 Å². The quantitative estimate of drug-likeness (QED) is 0.441. The molecule has 0 fully saturated rings. The van der Waals surface area contributed by atoms with Crippen molar-refractivity contribution >= 4 is 34.6 Å². The van der Waals surface area contributed by atoms with Gasteiger partial charge in [0.1, 0.15) is 5.69 Å². The molecule has 10 nitrogen and oxygen atoms in total. The zero-order valence-corrected chi connectivity index (χ0v) is 17.6. The minimum atomic E-state index is -0.572. The molecule has 0 saturated heterocycles. The molecule has 0 bridgehead atoms. The molecule has 162 valence electrons. The number of carbonyl (C=O) groups is 1. The van der Waals surface area contributed by atoms with Crippen LogP contribution in [-0.2, 0) is 17.9 Å². The number of fused-ring (bicyclic) bond motifs is 1. The molecule has 0 aliphatic heterocycles. The number of rotatable bonds is 6. The van der Waals surface area contributed by atoms with Crippen LogP contribution in [0.5, 0.6) is 0 Å². The van der Waals surface area contributed by atoms with Crippen molar-refractivity contribution in [1.82, 2.24) is 24.5 Å². The lowest BCUT2D eigenvalue weighted by Crippen LogP contribution is -2.23. The molecule has 0 unspecified atom stereocenters. The largest absolute Gasteiger partial charge is 0.454 e. The summed E-state index contributed by atoms with van der Waals surface area (Å²) in [6.07, 6.45) is 0. The summed E-state index contributed by atoms with van der Waals surface area (Å²) in [5.74, 6) is -0.110. The Bertz CT molecular complexity index is 1350. The predicted molar refractivity (Wildman–Crippen MR) is 119 cm³/mol. The molecule has 0 aliphatic rings. The number of nitrogens with two attached hydrogens (primary N) is 1. The first-order chi connectivity index (χ1) is 15.4. The van der Waals surface area contributed by atoms with Crippen LogP contribution in [-0.4, -0.2) is 30.5 Å². The molecule has 4 rings (SSSR count). The van der Waals surface area contributed by atoms with Gasteiger partial charge in [-0.1, -0.05) is 18.2 Å². The van der Waals surface area contributed by atoms with Crippen LogP contribution in [0.1, 0.15) is 28.8 Å². The lowest BCUT2D eigenvalue weighted by Gasteiger charge is -2.10. The molecule has 2 heterocycles. The molecule has 32 heavy (non-hydrogen) atoms. The first-order valence-corrected chi connectivity index (χ1v) is 9.95. The number of hydrogen-bond donors (Lipinski definition) is 2. The van der Waals surface area contributed by atoms with Gasteiger partial charge in [0.05, 0.1) is 16.6 Å². The summed E-state index contributed by atoms with van der Waals surface area (Å²) >= 11 is 0. The van der Waals surface area contributed by atoms with E-state index in [9.17, 15) is 9.59 Å². The molecule has 0 spiro atoms. The number of hydrogen-bond acceptors (Lipinski definition) is 9. The maximum atomic E-state index is 12.6.